The maximum atomic E-state index is 9.42. The molecule has 0 spiro atoms. The normalized spacial score (nSPS) is 21.2. The minimum Gasteiger partial charge on any atom is -0.487 e. The average Bonchev–Trinajstić information content (AvgIpc) is 3.14. The molecule has 1 aromatic carbocycles. The van der Waals surface area contributed by atoms with Crippen LogP contribution < -0.4 is 9.47 Å². The maximum absolute atomic E-state index is 9.42. The Morgan fingerprint density at radius 3 is 2.56 bits per heavy atom. The molecule has 0 amide bonds. The van der Waals surface area contributed by atoms with Gasteiger partial charge in [-0.25, -0.2) is 0 Å². The number of hydrogen-bond donors (Lipinski definition) is 2. The molecule has 0 aliphatic carbocycles. The lowest BCUT2D eigenvalue weighted by Crippen LogP contribution is -2.33. The summed E-state index contributed by atoms with van der Waals surface area (Å²) in [7, 11) is 0. The number of benzene rings is 1. The van der Waals surface area contributed by atoms with E-state index in [4.69, 9.17) is 24.1 Å². The van der Waals surface area contributed by atoms with E-state index in [9.17, 15) is 5.11 Å². The Hall–Kier alpha value is -1.34. The zero-order chi connectivity index (χ0) is 23.6. The van der Waals surface area contributed by atoms with Gasteiger partial charge in [0.1, 0.15) is 13.2 Å². The third-order valence-electron chi connectivity index (χ3n) is 6.32. The fourth-order valence-electron chi connectivity index (χ4n) is 4.21. The molecule has 6 nitrogen and oxygen atoms in total. The fraction of sp³-hybridized carbons (Fsp3) is 0.769. The van der Waals surface area contributed by atoms with Crippen molar-refractivity contribution in [2.24, 2.45) is 0 Å². The number of ether oxygens (including phenoxy) is 4. The van der Waals surface area contributed by atoms with Gasteiger partial charge in [-0.1, -0.05) is 46.1 Å². The van der Waals surface area contributed by atoms with Gasteiger partial charge in [0.2, 0.25) is 0 Å². The van der Waals surface area contributed by atoms with Crippen molar-refractivity contribution in [1.82, 2.24) is 0 Å². The maximum Gasteiger partial charge on any atom is 0.164 e. The number of hydrogen-bond acceptors (Lipinski definition) is 6. The molecular formula is C26H44O6. The van der Waals surface area contributed by atoms with E-state index in [2.05, 4.69) is 39.8 Å². The second kappa shape index (κ2) is 12.8. The summed E-state index contributed by atoms with van der Waals surface area (Å²) in [5.41, 5.74) is 1.90. The molecule has 0 bridgehead atoms. The molecule has 0 radical (unpaired) electrons. The van der Waals surface area contributed by atoms with Crippen LogP contribution in [0.1, 0.15) is 77.3 Å². The highest BCUT2D eigenvalue weighted by atomic mass is 16.6. The lowest BCUT2D eigenvalue weighted by atomic mass is 9.79. The molecule has 0 aromatic heterocycles. The van der Waals surface area contributed by atoms with Crippen LogP contribution in [-0.4, -0.2) is 61.6 Å². The Kier molecular flexibility index (Phi) is 10.7. The largest absolute Gasteiger partial charge is 0.487 e. The van der Waals surface area contributed by atoms with Gasteiger partial charge in [-0.05, 0) is 55.7 Å². The lowest BCUT2D eigenvalue weighted by Gasteiger charge is -2.29. The van der Waals surface area contributed by atoms with E-state index < -0.39 is 5.60 Å². The molecule has 0 saturated carbocycles. The molecule has 2 rings (SSSR count). The molecule has 1 heterocycles. The molecule has 2 unspecified atom stereocenters. The van der Waals surface area contributed by atoms with Gasteiger partial charge >= 0.3 is 0 Å². The molecule has 1 aliphatic heterocycles. The first kappa shape index (κ1) is 26.9. The quantitative estimate of drug-likeness (QED) is 0.380. The lowest BCUT2D eigenvalue weighted by molar-refractivity contribution is -0.0697. The monoisotopic (exact) mass is 452 g/mol. The first-order valence-electron chi connectivity index (χ1n) is 12.1. The molecule has 1 saturated heterocycles. The third kappa shape index (κ3) is 7.91. The van der Waals surface area contributed by atoms with E-state index in [0.29, 0.717) is 26.4 Å². The topological polar surface area (TPSA) is 77.4 Å². The summed E-state index contributed by atoms with van der Waals surface area (Å²) in [5.74, 6) is 1.45. The number of rotatable bonds is 15. The van der Waals surface area contributed by atoms with Gasteiger partial charge < -0.3 is 29.2 Å². The highest BCUT2D eigenvalue weighted by molar-refractivity contribution is 5.50. The Morgan fingerprint density at radius 2 is 1.91 bits per heavy atom. The molecule has 32 heavy (non-hydrogen) atoms. The van der Waals surface area contributed by atoms with Crippen LogP contribution in [-0.2, 0) is 14.9 Å². The number of unbranched alkanes of at least 4 members (excludes halogenated alkanes) is 2. The summed E-state index contributed by atoms with van der Waals surface area (Å²) in [6.07, 6.45) is 6.34. The van der Waals surface area contributed by atoms with Crippen LogP contribution in [0.3, 0.4) is 0 Å². The molecule has 1 aromatic rings. The summed E-state index contributed by atoms with van der Waals surface area (Å²) in [5, 5.41) is 18.3. The van der Waals surface area contributed by atoms with E-state index in [0.717, 1.165) is 36.3 Å². The molecule has 184 valence electrons. The van der Waals surface area contributed by atoms with Crippen molar-refractivity contribution in [3.63, 3.8) is 0 Å². The minimum atomic E-state index is -0.421. The van der Waals surface area contributed by atoms with Gasteiger partial charge in [0.15, 0.2) is 11.5 Å². The first-order chi connectivity index (χ1) is 15.2. The predicted molar refractivity (Wildman–Crippen MR) is 127 cm³/mol. The van der Waals surface area contributed by atoms with Crippen molar-refractivity contribution >= 4 is 0 Å². The van der Waals surface area contributed by atoms with E-state index in [1.54, 1.807) is 0 Å². The van der Waals surface area contributed by atoms with Crippen LogP contribution >= 0.6 is 0 Å². The van der Waals surface area contributed by atoms with Crippen LogP contribution in [0.25, 0.3) is 0 Å². The number of aliphatic hydroxyl groups is 2. The zero-order valence-electron chi connectivity index (χ0n) is 20.7. The van der Waals surface area contributed by atoms with Crippen LogP contribution in [0.15, 0.2) is 12.1 Å². The zero-order valence-corrected chi connectivity index (χ0v) is 20.7. The second-order valence-electron chi connectivity index (χ2n) is 9.85. The molecule has 1 fully saturated rings. The molecule has 6 heteroatoms. The summed E-state index contributed by atoms with van der Waals surface area (Å²) in [4.78, 5) is 0. The van der Waals surface area contributed by atoms with E-state index in [1.165, 1.54) is 24.8 Å². The standard InChI is InChI=1S/C26H44O6/c1-6-7-8-10-25(3,4)21-16-20(2)24(30-15-14-29-13-12-27)23(17-21)31-19-26(5)11-9-22(18-28)32-26/h16-17,22,27-28H,6-15,18-19H2,1-5H3. The van der Waals surface area contributed by atoms with Gasteiger partial charge in [-0.2, -0.15) is 0 Å². The van der Waals surface area contributed by atoms with Crippen LogP contribution in [0.4, 0.5) is 0 Å². The van der Waals surface area contributed by atoms with Gasteiger partial charge in [0, 0.05) is 0 Å². The number of aryl methyl sites for hydroxylation is 1. The van der Waals surface area contributed by atoms with E-state index >= 15 is 0 Å². The highest BCUT2D eigenvalue weighted by Crippen LogP contribution is 2.40. The molecular weight excluding hydrogens is 408 g/mol. The Labute approximate surface area is 194 Å². The summed E-state index contributed by atoms with van der Waals surface area (Å²) in [6, 6.07) is 4.32. The minimum absolute atomic E-state index is 0.00260. The number of aliphatic hydroxyl groups excluding tert-OH is 2. The van der Waals surface area contributed by atoms with Crippen LogP contribution in [0, 0.1) is 6.92 Å². The van der Waals surface area contributed by atoms with Crippen LogP contribution in [0.2, 0.25) is 0 Å². The van der Waals surface area contributed by atoms with E-state index in [1.807, 2.05) is 6.92 Å². The first-order valence-corrected chi connectivity index (χ1v) is 12.1. The van der Waals surface area contributed by atoms with Crippen molar-refractivity contribution in [2.45, 2.75) is 90.3 Å². The Morgan fingerprint density at radius 1 is 1.12 bits per heavy atom. The second-order valence-corrected chi connectivity index (χ2v) is 9.85. The highest BCUT2D eigenvalue weighted by Gasteiger charge is 2.37. The van der Waals surface area contributed by atoms with Gasteiger partial charge in [0.05, 0.1) is 38.1 Å². The van der Waals surface area contributed by atoms with Crippen molar-refractivity contribution in [2.75, 3.05) is 39.6 Å². The van der Waals surface area contributed by atoms with Crippen LogP contribution in [0.5, 0.6) is 11.5 Å². The smallest absolute Gasteiger partial charge is 0.164 e. The molecule has 2 N–H and O–H groups in total. The summed E-state index contributed by atoms with van der Waals surface area (Å²) < 4.78 is 23.7. The van der Waals surface area contributed by atoms with Crippen molar-refractivity contribution < 1.29 is 29.2 Å². The molecule has 1 aliphatic rings. The van der Waals surface area contributed by atoms with Gasteiger partial charge in [-0.15, -0.1) is 0 Å². The fourth-order valence-corrected chi connectivity index (χ4v) is 4.21. The summed E-state index contributed by atoms with van der Waals surface area (Å²) >= 11 is 0. The molecule has 2 atom stereocenters. The Bertz CT molecular complexity index is 689. The van der Waals surface area contributed by atoms with Gasteiger partial charge in [-0.3, -0.25) is 0 Å². The SMILES string of the molecule is CCCCCC(C)(C)c1cc(C)c(OCCOCCO)c(OCC2(C)CCC(CO)O2)c1. The summed E-state index contributed by atoms with van der Waals surface area (Å²) in [6.45, 7) is 12.4. The predicted octanol–water partition coefficient (Wildman–Crippen LogP) is 4.55. The third-order valence-corrected chi connectivity index (χ3v) is 6.32. The van der Waals surface area contributed by atoms with Crippen molar-refractivity contribution in [3.05, 3.63) is 23.3 Å². The van der Waals surface area contributed by atoms with Crippen molar-refractivity contribution in [1.29, 1.82) is 0 Å². The Balaban J connectivity index is 2.19. The van der Waals surface area contributed by atoms with E-state index in [-0.39, 0.29) is 24.7 Å². The average molecular weight is 453 g/mol. The van der Waals surface area contributed by atoms with Gasteiger partial charge in [0.25, 0.3) is 0 Å². The van der Waals surface area contributed by atoms with Crippen molar-refractivity contribution in [3.8, 4) is 11.5 Å².